The van der Waals surface area contributed by atoms with Crippen LogP contribution < -0.4 is 16.0 Å². The molecule has 4 N–H and O–H groups in total. The number of hydrogen-bond donors (Lipinski definition) is 4. The average Bonchev–Trinajstić information content (AvgIpc) is 3.85. The highest BCUT2D eigenvalue weighted by atomic mass is 19.3. The number of aliphatic hydroxyl groups is 1. The number of carbonyl (C=O) groups excluding carboxylic acids is 2. The van der Waals surface area contributed by atoms with Gasteiger partial charge >= 0.3 is 0 Å². The van der Waals surface area contributed by atoms with Gasteiger partial charge in [-0.05, 0) is 61.8 Å². The standard InChI is InChI=1S/C30H35F3N4O3/c1-28(2,33)17-23(26(39)37-29(18-34)11-12-29)36-24(25(31)32)21-5-3-19(4-6-21)20-7-9-22(10-8-20)30(13-14-30)27(40)35-15-16-38/h3-10,23-25,36,38H,11-17H2,1-2H3,(H,35,40)(H,37,39)/t23-,24-/m0/s1. The summed E-state index contributed by atoms with van der Waals surface area (Å²) in [5.74, 6) is -0.780. The third-order valence-electron chi connectivity index (χ3n) is 7.59. The van der Waals surface area contributed by atoms with Crippen LogP contribution in [0.25, 0.3) is 11.1 Å². The number of hydrogen-bond acceptors (Lipinski definition) is 5. The van der Waals surface area contributed by atoms with E-state index in [1.54, 1.807) is 24.3 Å². The second-order valence-electron chi connectivity index (χ2n) is 11.4. The number of nitriles is 1. The molecule has 0 aliphatic heterocycles. The first-order valence-electron chi connectivity index (χ1n) is 13.5. The Hall–Kier alpha value is -3.42. The van der Waals surface area contributed by atoms with Gasteiger partial charge < -0.3 is 15.7 Å². The van der Waals surface area contributed by atoms with Crippen molar-refractivity contribution >= 4 is 11.8 Å². The first-order valence-corrected chi connectivity index (χ1v) is 13.5. The molecule has 2 aliphatic rings. The lowest BCUT2D eigenvalue weighted by Crippen LogP contribution is -2.52. The molecule has 4 rings (SSSR count). The van der Waals surface area contributed by atoms with Crippen molar-refractivity contribution in [1.29, 1.82) is 5.26 Å². The highest BCUT2D eigenvalue weighted by Gasteiger charge is 2.51. The van der Waals surface area contributed by atoms with Crippen molar-refractivity contribution in [2.75, 3.05) is 13.2 Å². The summed E-state index contributed by atoms with van der Waals surface area (Å²) < 4.78 is 42.9. The zero-order chi connectivity index (χ0) is 29.1. The Kier molecular flexibility index (Phi) is 8.57. The van der Waals surface area contributed by atoms with Crippen LogP contribution >= 0.6 is 0 Å². The quantitative estimate of drug-likeness (QED) is 0.297. The summed E-state index contributed by atoms with van der Waals surface area (Å²) in [5.41, 5.74) is -0.639. The van der Waals surface area contributed by atoms with E-state index in [1.807, 2.05) is 30.3 Å². The fraction of sp³-hybridized carbons (Fsp3) is 0.500. The summed E-state index contributed by atoms with van der Waals surface area (Å²) in [4.78, 5) is 25.4. The summed E-state index contributed by atoms with van der Waals surface area (Å²) in [5, 5.41) is 26.3. The number of nitrogens with zero attached hydrogens (tertiary/aromatic N) is 1. The smallest absolute Gasteiger partial charge is 0.257 e. The summed E-state index contributed by atoms with van der Waals surface area (Å²) in [6.45, 7) is 2.63. The van der Waals surface area contributed by atoms with Crippen LogP contribution in [0.3, 0.4) is 0 Å². The average molecular weight is 557 g/mol. The van der Waals surface area contributed by atoms with Crippen LogP contribution in [0.15, 0.2) is 48.5 Å². The van der Waals surface area contributed by atoms with Gasteiger partial charge in [0, 0.05) is 13.0 Å². The van der Waals surface area contributed by atoms with Crippen LogP contribution in [0.1, 0.15) is 63.1 Å². The molecule has 40 heavy (non-hydrogen) atoms. The Balaban J connectivity index is 1.48. The molecule has 0 saturated heterocycles. The van der Waals surface area contributed by atoms with E-state index < -0.39 is 41.0 Å². The number of aliphatic hydroxyl groups excluding tert-OH is 1. The van der Waals surface area contributed by atoms with Crippen LogP contribution in [-0.2, 0) is 15.0 Å². The van der Waals surface area contributed by atoms with Crippen LogP contribution in [0.5, 0.6) is 0 Å². The Morgan fingerprint density at radius 2 is 1.60 bits per heavy atom. The maximum Gasteiger partial charge on any atom is 0.257 e. The molecule has 2 fully saturated rings. The lowest BCUT2D eigenvalue weighted by molar-refractivity contribution is -0.125. The van der Waals surface area contributed by atoms with E-state index in [4.69, 9.17) is 5.11 Å². The molecular weight excluding hydrogens is 521 g/mol. The predicted octanol–water partition coefficient (Wildman–Crippen LogP) is 4.07. The minimum atomic E-state index is -2.87. The molecule has 0 unspecified atom stereocenters. The molecule has 2 saturated carbocycles. The van der Waals surface area contributed by atoms with Crippen LogP contribution in [0, 0.1) is 11.3 Å². The molecule has 214 valence electrons. The third-order valence-corrected chi connectivity index (χ3v) is 7.59. The summed E-state index contributed by atoms with van der Waals surface area (Å²) in [7, 11) is 0. The van der Waals surface area contributed by atoms with E-state index in [0.717, 1.165) is 29.5 Å². The fourth-order valence-corrected chi connectivity index (χ4v) is 4.93. The number of alkyl halides is 3. The predicted molar refractivity (Wildman–Crippen MR) is 144 cm³/mol. The zero-order valence-corrected chi connectivity index (χ0v) is 22.6. The molecule has 0 aromatic heterocycles. The van der Waals surface area contributed by atoms with E-state index >= 15 is 0 Å². The van der Waals surface area contributed by atoms with E-state index in [-0.39, 0.29) is 31.0 Å². The van der Waals surface area contributed by atoms with Crippen LogP contribution in [-0.4, -0.2) is 53.7 Å². The number of benzene rings is 2. The Labute approximate surface area is 232 Å². The maximum absolute atomic E-state index is 14.5. The molecule has 2 aliphatic carbocycles. The molecule has 0 bridgehead atoms. The van der Waals surface area contributed by atoms with Crippen molar-refractivity contribution in [2.45, 2.75) is 81.1 Å². The van der Waals surface area contributed by atoms with E-state index in [1.165, 1.54) is 13.8 Å². The number of halogens is 3. The molecule has 2 amide bonds. The molecular formula is C30H35F3N4O3. The molecule has 2 aromatic rings. The van der Waals surface area contributed by atoms with Gasteiger partial charge in [-0.15, -0.1) is 0 Å². The van der Waals surface area contributed by atoms with E-state index in [0.29, 0.717) is 12.8 Å². The number of rotatable bonds is 13. The molecule has 10 heteroatoms. The van der Waals surface area contributed by atoms with Gasteiger partial charge in [-0.1, -0.05) is 48.5 Å². The first kappa shape index (κ1) is 29.6. The molecule has 2 aromatic carbocycles. The van der Waals surface area contributed by atoms with Gasteiger partial charge in [0.2, 0.25) is 11.8 Å². The topological polar surface area (TPSA) is 114 Å². The number of carbonyl (C=O) groups is 2. The normalized spacial score (nSPS) is 18.4. The third kappa shape index (κ3) is 6.83. The summed E-state index contributed by atoms with van der Waals surface area (Å²) >= 11 is 0. The lowest BCUT2D eigenvalue weighted by Gasteiger charge is -2.29. The molecule has 2 atom stereocenters. The molecule has 7 nitrogen and oxygen atoms in total. The first-order chi connectivity index (χ1) is 18.9. The van der Waals surface area contributed by atoms with Crippen molar-refractivity contribution in [3.63, 3.8) is 0 Å². The number of nitrogens with one attached hydrogen (secondary N) is 3. The SMILES string of the molecule is CC(C)(F)C[C@H](N[C@@H](c1ccc(-c2ccc(C3(C(=O)NCCO)CC3)cc2)cc1)C(F)F)C(=O)NC1(C#N)CC1. The molecule has 0 heterocycles. The highest BCUT2D eigenvalue weighted by molar-refractivity contribution is 5.91. The van der Waals surface area contributed by atoms with E-state index in [9.17, 15) is 28.0 Å². The van der Waals surface area contributed by atoms with E-state index in [2.05, 4.69) is 16.0 Å². The molecule has 0 spiro atoms. The van der Waals surface area contributed by atoms with Crippen molar-refractivity contribution in [1.82, 2.24) is 16.0 Å². The minimum absolute atomic E-state index is 0.104. The lowest BCUT2D eigenvalue weighted by atomic mass is 9.92. The fourth-order valence-electron chi connectivity index (χ4n) is 4.93. The van der Waals surface area contributed by atoms with Crippen molar-refractivity contribution in [3.05, 3.63) is 59.7 Å². The Morgan fingerprint density at radius 1 is 1.02 bits per heavy atom. The Morgan fingerprint density at radius 3 is 2.05 bits per heavy atom. The maximum atomic E-state index is 14.5. The highest BCUT2D eigenvalue weighted by Crippen LogP contribution is 2.48. The van der Waals surface area contributed by atoms with Gasteiger partial charge in [0.25, 0.3) is 6.43 Å². The van der Waals surface area contributed by atoms with Crippen LogP contribution in [0.4, 0.5) is 13.2 Å². The monoisotopic (exact) mass is 556 g/mol. The van der Waals surface area contributed by atoms with Gasteiger partial charge in [-0.25, -0.2) is 13.2 Å². The summed E-state index contributed by atoms with van der Waals surface area (Å²) in [6.07, 6.45) is -0.805. The zero-order valence-electron chi connectivity index (χ0n) is 22.6. The van der Waals surface area contributed by atoms with Crippen LogP contribution in [0.2, 0.25) is 0 Å². The second-order valence-corrected chi connectivity index (χ2v) is 11.4. The van der Waals surface area contributed by atoms with Gasteiger partial charge in [-0.3, -0.25) is 14.9 Å². The van der Waals surface area contributed by atoms with Crippen molar-refractivity contribution in [2.24, 2.45) is 0 Å². The van der Waals surface area contributed by atoms with Gasteiger partial charge in [0.15, 0.2) is 0 Å². The van der Waals surface area contributed by atoms with Crippen molar-refractivity contribution in [3.8, 4) is 17.2 Å². The molecule has 0 radical (unpaired) electrons. The van der Waals surface area contributed by atoms with Gasteiger partial charge in [0.1, 0.15) is 11.2 Å². The minimum Gasteiger partial charge on any atom is -0.395 e. The number of amides is 2. The van der Waals surface area contributed by atoms with Gasteiger partial charge in [-0.2, -0.15) is 5.26 Å². The largest absolute Gasteiger partial charge is 0.395 e. The second kappa shape index (κ2) is 11.6. The Bertz CT molecular complexity index is 1240. The summed E-state index contributed by atoms with van der Waals surface area (Å²) in [6, 6.07) is 13.2. The van der Waals surface area contributed by atoms with Crippen molar-refractivity contribution < 1.29 is 27.9 Å². The van der Waals surface area contributed by atoms with Gasteiger partial charge in [0.05, 0.1) is 30.2 Å².